The number of nitrogens with zero attached hydrogens (tertiary/aromatic N) is 6. The summed E-state index contributed by atoms with van der Waals surface area (Å²) >= 11 is 2.09. The molecule has 2 aromatic heterocycles. The second-order valence-corrected chi connectivity index (χ2v) is 3.42. The first-order valence-corrected chi connectivity index (χ1v) is 4.59. The van der Waals surface area contributed by atoms with Crippen LogP contribution < -0.4 is 0 Å². The van der Waals surface area contributed by atoms with Crippen LogP contribution in [0.4, 0.5) is 0 Å². The van der Waals surface area contributed by atoms with Gasteiger partial charge in [0.1, 0.15) is 0 Å². The Balaban J connectivity index is 1.76. The van der Waals surface area contributed by atoms with Crippen LogP contribution >= 0.6 is 24.5 Å². The van der Waals surface area contributed by atoms with Gasteiger partial charge in [0.15, 0.2) is 24.5 Å². The molecule has 0 amide bonds. The van der Waals surface area contributed by atoms with E-state index < -0.39 is 0 Å². The standard InChI is InChI=1S/C4H4N6OS2/c1-3-9(7-5-1)12-11-13-10-4-2-6-8-10/h1-4H. The van der Waals surface area contributed by atoms with Crippen LogP contribution in [0.3, 0.4) is 0 Å². The molecule has 0 N–H and O–H groups in total. The molecule has 2 heterocycles. The van der Waals surface area contributed by atoms with E-state index in [4.69, 9.17) is 3.63 Å². The van der Waals surface area contributed by atoms with Gasteiger partial charge in [-0.3, -0.25) is 0 Å². The minimum atomic E-state index is 1.04. The van der Waals surface area contributed by atoms with Crippen molar-refractivity contribution in [3.05, 3.63) is 24.8 Å². The number of hydrogen-bond donors (Lipinski definition) is 0. The molecule has 0 saturated carbocycles. The van der Waals surface area contributed by atoms with Crippen LogP contribution in [0.5, 0.6) is 0 Å². The Kier molecular flexibility index (Phi) is 2.79. The zero-order valence-corrected chi connectivity index (χ0v) is 7.85. The second kappa shape index (κ2) is 4.25. The Morgan fingerprint density at radius 3 is 1.85 bits per heavy atom. The summed E-state index contributed by atoms with van der Waals surface area (Å²) in [5.74, 6) is 0. The van der Waals surface area contributed by atoms with Crippen molar-refractivity contribution >= 4 is 24.5 Å². The Labute approximate surface area is 82.1 Å². The van der Waals surface area contributed by atoms with Gasteiger partial charge in [0, 0.05) is 0 Å². The lowest BCUT2D eigenvalue weighted by molar-refractivity contribution is 0.704. The Morgan fingerprint density at radius 1 is 0.923 bits per heavy atom. The summed E-state index contributed by atoms with van der Waals surface area (Å²) in [7, 11) is 0. The van der Waals surface area contributed by atoms with Gasteiger partial charge in [-0.2, -0.15) is 11.8 Å². The zero-order chi connectivity index (χ0) is 8.93. The highest BCUT2D eigenvalue weighted by molar-refractivity contribution is 8.06. The van der Waals surface area contributed by atoms with Crippen molar-refractivity contribution in [1.82, 2.24) is 28.8 Å². The SMILES string of the molecule is c1cn(SOSn2ccnn2)nn1. The molecule has 0 unspecified atom stereocenters. The maximum Gasteiger partial charge on any atom is 0.153 e. The molecule has 0 aliphatic heterocycles. The second-order valence-electron chi connectivity index (χ2n) is 1.83. The van der Waals surface area contributed by atoms with E-state index in [2.05, 4.69) is 20.6 Å². The van der Waals surface area contributed by atoms with Crippen LogP contribution in [0.2, 0.25) is 0 Å². The summed E-state index contributed by atoms with van der Waals surface area (Å²) in [6.45, 7) is 0. The number of aromatic nitrogens is 6. The van der Waals surface area contributed by atoms with E-state index in [1.165, 1.54) is 8.17 Å². The normalized spacial score (nSPS) is 10.5. The van der Waals surface area contributed by atoms with Crippen molar-refractivity contribution in [1.29, 1.82) is 0 Å². The van der Waals surface area contributed by atoms with Crippen LogP contribution in [0.1, 0.15) is 0 Å². The molecule has 13 heavy (non-hydrogen) atoms. The van der Waals surface area contributed by atoms with Crippen molar-refractivity contribution in [3.63, 3.8) is 0 Å². The molecule has 68 valence electrons. The first-order chi connectivity index (χ1) is 6.45. The van der Waals surface area contributed by atoms with Crippen LogP contribution in [-0.2, 0) is 3.63 Å². The van der Waals surface area contributed by atoms with Gasteiger partial charge in [-0.05, 0) is 0 Å². The minimum Gasteiger partial charge on any atom is -0.199 e. The molecule has 0 radical (unpaired) electrons. The number of hydrogen-bond acceptors (Lipinski definition) is 7. The molecule has 9 heteroatoms. The fourth-order valence-corrected chi connectivity index (χ4v) is 1.51. The van der Waals surface area contributed by atoms with Crippen molar-refractivity contribution in [2.75, 3.05) is 0 Å². The first kappa shape index (κ1) is 8.53. The predicted molar refractivity (Wildman–Crippen MR) is 47.1 cm³/mol. The van der Waals surface area contributed by atoms with Crippen molar-refractivity contribution in [2.45, 2.75) is 0 Å². The van der Waals surface area contributed by atoms with Gasteiger partial charge in [-0.1, -0.05) is 10.4 Å². The minimum absolute atomic E-state index is 1.04. The van der Waals surface area contributed by atoms with E-state index in [-0.39, 0.29) is 0 Å². The highest BCUT2D eigenvalue weighted by atomic mass is 32.2. The van der Waals surface area contributed by atoms with Gasteiger partial charge in [0.25, 0.3) is 0 Å². The summed E-state index contributed by atoms with van der Waals surface area (Å²) in [6, 6.07) is 0. The van der Waals surface area contributed by atoms with Crippen LogP contribution in [0, 0.1) is 0 Å². The van der Waals surface area contributed by atoms with Gasteiger partial charge >= 0.3 is 0 Å². The molecule has 0 aliphatic carbocycles. The molecular formula is C4H4N6OS2. The molecule has 2 rings (SSSR count). The van der Waals surface area contributed by atoms with Crippen molar-refractivity contribution < 1.29 is 3.63 Å². The van der Waals surface area contributed by atoms with E-state index in [0.29, 0.717) is 0 Å². The molecule has 0 spiro atoms. The van der Waals surface area contributed by atoms with Crippen LogP contribution in [0.25, 0.3) is 0 Å². The molecule has 0 fully saturated rings. The summed E-state index contributed by atoms with van der Waals surface area (Å²) in [5.41, 5.74) is 0. The van der Waals surface area contributed by atoms with Gasteiger partial charge in [-0.25, -0.2) is 0 Å². The summed E-state index contributed by atoms with van der Waals surface area (Å²) in [6.07, 6.45) is 6.48. The van der Waals surface area contributed by atoms with Gasteiger partial charge in [0.2, 0.25) is 0 Å². The van der Waals surface area contributed by atoms with Gasteiger partial charge in [-0.15, -0.1) is 10.2 Å². The van der Waals surface area contributed by atoms with E-state index in [1.54, 1.807) is 24.8 Å². The topological polar surface area (TPSA) is 70.7 Å². The Bertz CT molecular complexity index is 299. The Hall–Kier alpha value is -1.06. The average molecular weight is 216 g/mol. The van der Waals surface area contributed by atoms with Gasteiger partial charge < -0.3 is 0 Å². The maximum absolute atomic E-state index is 5.08. The fourth-order valence-electron chi connectivity index (χ4n) is 0.550. The van der Waals surface area contributed by atoms with E-state index in [9.17, 15) is 0 Å². The molecule has 7 nitrogen and oxygen atoms in total. The van der Waals surface area contributed by atoms with E-state index in [1.807, 2.05) is 0 Å². The molecule has 0 bridgehead atoms. The van der Waals surface area contributed by atoms with Crippen LogP contribution in [0.15, 0.2) is 24.8 Å². The lowest BCUT2D eigenvalue weighted by Gasteiger charge is -1.96. The maximum atomic E-state index is 5.08. The Morgan fingerprint density at radius 2 is 1.46 bits per heavy atom. The third-order valence-electron chi connectivity index (χ3n) is 1.01. The lowest BCUT2D eigenvalue weighted by Crippen LogP contribution is -1.90. The summed E-state index contributed by atoms with van der Waals surface area (Å²) in [5, 5.41) is 14.6. The first-order valence-electron chi connectivity index (χ1n) is 3.20. The quantitative estimate of drug-likeness (QED) is 0.685. The molecule has 0 aromatic carbocycles. The highest BCUT2D eigenvalue weighted by Gasteiger charge is 1.96. The predicted octanol–water partition coefficient (Wildman–Crippen LogP) is 0.409. The van der Waals surface area contributed by atoms with Gasteiger partial charge in [0.05, 0.1) is 24.8 Å². The smallest absolute Gasteiger partial charge is 0.153 e. The van der Waals surface area contributed by atoms with E-state index in [0.717, 1.165) is 24.5 Å². The summed E-state index contributed by atoms with van der Waals surface area (Å²) < 4.78 is 8.03. The average Bonchev–Trinajstić information content (AvgIpc) is 2.75. The molecule has 0 atom stereocenters. The molecule has 0 aliphatic rings. The van der Waals surface area contributed by atoms with E-state index >= 15 is 0 Å². The molecular weight excluding hydrogens is 212 g/mol. The highest BCUT2D eigenvalue weighted by Crippen LogP contribution is 2.15. The lowest BCUT2D eigenvalue weighted by atomic mass is 11.0. The number of rotatable bonds is 4. The monoisotopic (exact) mass is 216 g/mol. The molecule has 0 saturated heterocycles. The third-order valence-corrected chi connectivity index (χ3v) is 2.20. The zero-order valence-electron chi connectivity index (χ0n) is 6.22. The van der Waals surface area contributed by atoms with Crippen molar-refractivity contribution in [2.24, 2.45) is 0 Å². The van der Waals surface area contributed by atoms with Crippen LogP contribution in [-0.4, -0.2) is 28.8 Å². The largest absolute Gasteiger partial charge is 0.199 e. The van der Waals surface area contributed by atoms with Crippen molar-refractivity contribution in [3.8, 4) is 0 Å². The fraction of sp³-hybridized carbons (Fsp3) is 0. The molecule has 2 aromatic rings. The summed E-state index contributed by atoms with van der Waals surface area (Å²) in [4.78, 5) is 0. The third kappa shape index (κ3) is 2.44.